The van der Waals surface area contributed by atoms with E-state index < -0.39 is 9.20 Å². The first-order valence-electron chi connectivity index (χ1n) is 5.15. The van der Waals surface area contributed by atoms with Crippen molar-refractivity contribution in [2.75, 3.05) is 20.2 Å². The minimum Gasteiger partial charge on any atom is -0.405 e. The number of benzene rings is 1. The Bertz CT molecular complexity index is 249. The van der Waals surface area contributed by atoms with E-state index in [9.17, 15) is 0 Å². The maximum atomic E-state index is 5.65. The largest absolute Gasteiger partial charge is 0.405 e. The molecule has 0 saturated carbocycles. The van der Waals surface area contributed by atoms with Crippen LogP contribution in [-0.4, -0.2) is 34.0 Å². The van der Waals surface area contributed by atoms with Gasteiger partial charge in [-0.15, -0.1) is 0 Å². The van der Waals surface area contributed by atoms with Crippen molar-refractivity contribution >= 4 is 14.4 Å². The van der Waals surface area contributed by atoms with E-state index in [0.29, 0.717) is 0 Å². The first-order valence-corrected chi connectivity index (χ1v) is 6.71. The molecule has 1 aromatic rings. The summed E-state index contributed by atoms with van der Waals surface area (Å²) < 4.78 is 8.07. The minimum absolute atomic E-state index is 1.07. The van der Waals surface area contributed by atoms with Crippen molar-refractivity contribution in [2.45, 2.75) is 13.8 Å². The predicted octanol–water partition coefficient (Wildman–Crippen LogP) is 1.10. The molecule has 1 aromatic carbocycles. The molecule has 0 heterocycles. The Morgan fingerprint density at radius 2 is 1.71 bits per heavy atom. The molecule has 14 heavy (non-hydrogen) atoms. The van der Waals surface area contributed by atoms with Gasteiger partial charge in [-0.1, -0.05) is 44.2 Å². The Morgan fingerprint density at radius 1 is 1.14 bits per heavy atom. The topological polar surface area (TPSA) is 12.5 Å². The Kier molecular flexibility index (Phi) is 4.86. The summed E-state index contributed by atoms with van der Waals surface area (Å²) in [5.74, 6) is 0. The van der Waals surface area contributed by atoms with Crippen molar-refractivity contribution in [3.63, 3.8) is 0 Å². The van der Waals surface area contributed by atoms with Crippen molar-refractivity contribution in [3.8, 4) is 0 Å². The van der Waals surface area contributed by atoms with Crippen LogP contribution in [0.4, 0.5) is 0 Å². The van der Waals surface area contributed by atoms with Gasteiger partial charge >= 0.3 is 0 Å². The molecule has 0 amide bonds. The molecular formula is C11H19NOSi. The average molecular weight is 209 g/mol. The van der Waals surface area contributed by atoms with Crippen LogP contribution in [0.1, 0.15) is 13.8 Å². The molecule has 0 aliphatic heterocycles. The van der Waals surface area contributed by atoms with Gasteiger partial charge in [0.25, 0.3) is 9.20 Å². The van der Waals surface area contributed by atoms with Crippen molar-refractivity contribution in [2.24, 2.45) is 0 Å². The molecule has 2 nitrogen and oxygen atoms in total. The molecular weight excluding hydrogens is 190 g/mol. The summed E-state index contributed by atoms with van der Waals surface area (Å²) in [5, 5.41) is 1.36. The van der Waals surface area contributed by atoms with Crippen molar-refractivity contribution in [3.05, 3.63) is 30.3 Å². The summed E-state index contributed by atoms with van der Waals surface area (Å²) in [6, 6.07) is 10.5. The molecule has 0 aliphatic carbocycles. The summed E-state index contributed by atoms with van der Waals surface area (Å²) in [4.78, 5) is 0. The van der Waals surface area contributed by atoms with Gasteiger partial charge in [0.05, 0.1) is 0 Å². The average Bonchev–Trinajstić information content (AvgIpc) is 2.27. The highest BCUT2D eigenvalue weighted by Crippen LogP contribution is 1.97. The van der Waals surface area contributed by atoms with Crippen molar-refractivity contribution in [1.29, 1.82) is 0 Å². The number of hydrogen-bond donors (Lipinski definition) is 0. The summed E-state index contributed by atoms with van der Waals surface area (Å²) in [6.45, 7) is 6.50. The van der Waals surface area contributed by atoms with E-state index in [-0.39, 0.29) is 0 Å². The molecule has 0 aromatic heterocycles. The SMILES string of the molecule is CCN(CC)[SiH](OC)c1ccccc1. The van der Waals surface area contributed by atoms with Gasteiger partial charge < -0.3 is 8.99 Å². The van der Waals surface area contributed by atoms with E-state index in [2.05, 4.69) is 42.7 Å². The normalized spacial score (nSPS) is 13.1. The Hall–Kier alpha value is -0.643. The van der Waals surface area contributed by atoms with Crippen molar-refractivity contribution in [1.82, 2.24) is 4.57 Å². The second-order valence-corrected chi connectivity index (χ2v) is 5.79. The van der Waals surface area contributed by atoms with Gasteiger partial charge in [0.2, 0.25) is 0 Å². The molecule has 1 unspecified atom stereocenters. The van der Waals surface area contributed by atoms with Crippen LogP contribution in [0.3, 0.4) is 0 Å². The van der Waals surface area contributed by atoms with E-state index >= 15 is 0 Å². The fourth-order valence-electron chi connectivity index (χ4n) is 1.67. The van der Waals surface area contributed by atoms with Crippen LogP contribution >= 0.6 is 0 Å². The van der Waals surface area contributed by atoms with Crippen LogP contribution in [0.5, 0.6) is 0 Å². The van der Waals surface area contributed by atoms with E-state index in [1.807, 2.05) is 13.2 Å². The molecule has 0 spiro atoms. The van der Waals surface area contributed by atoms with Gasteiger partial charge in [-0.05, 0) is 18.3 Å². The summed E-state index contributed by atoms with van der Waals surface area (Å²) in [7, 11) is 0.469. The third-order valence-electron chi connectivity index (χ3n) is 2.45. The first-order chi connectivity index (χ1) is 6.83. The second-order valence-electron chi connectivity index (χ2n) is 3.22. The monoisotopic (exact) mass is 209 g/mol. The van der Waals surface area contributed by atoms with Gasteiger partial charge in [-0.25, -0.2) is 0 Å². The van der Waals surface area contributed by atoms with E-state index in [0.717, 1.165) is 13.1 Å². The molecule has 0 saturated heterocycles. The molecule has 78 valence electrons. The number of rotatable bonds is 5. The van der Waals surface area contributed by atoms with Crippen LogP contribution in [0.2, 0.25) is 0 Å². The number of hydrogen-bond acceptors (Lipinski definition) is 2. The van der Waals surface area contributed by atoms with Crippen LogP contribution in [0.25, 0.3) is 0 Å². The summed E-state index contributed by atoms with van der Waals surface area (Å²) in [5.41, 5.74) is 0. The zero-order chi connectivity index (χ0) is 10.4. The van der Waals surface area contributed by atoms with Crippen LogP contribution in [0.15, 0.2) is 30.3 Å². The Balaban J connectivity index is 2.81. The van der Waals surface area contributed by atoms with Gasteiger partial charge in [-0.3, -0.25) is 0 Å². The van der Waals surface area contributed by atoms with Gasteiger partial charge in [-0.2, -0.15) is 0 Å². The molecule has 0 aliphatic rings. The first kappa shape index (κ1) is 11.4. The quantitative estimate of drug-likeness (QED) is 0.674. The highest BCUT2D eigenvalue weighted by molar-refractivity contribution is 6.64. The lowest BCUT2D eigenvalue weighted by Crippen LogP contribution is -2.49. The lowest BCUT2D eigenvalue weighted by Gasteiger charge is -2.26. The maximum absolute atomic E-state index is 5.65. The lowest BCUT2D eigenvalue weighted by atomic mass is 10.4. The Morgan fingerprint density at radius 3 is 2.14 bits per heavy atom. The summed E-state index contributed by atoms with van der Waals surface area (Å²) >= 11 is 0. The molecule has 0 radical (unpaired) electrons. The van der Waals surface area contributed by atoms with Gasteiger partial charge in [0.15, 0.2) is 0 Å². The molecule has 3 heteroatoms. The van der Waals surface area contributed by atoms with Crippen LogP contribution in [0, 0.1) is 0 Å². The third-order valence-corrected chi connectivity index (χ3v) is 5.25. The Labute approximate surface area is 88.3 Å². The zero-order valence-corrected chi connectivity index (χ0v) is 10.4. The van der Waals surface area contributed by atoms with Crippen LogP contribution in [-0.2, 0) is 4.43 Å². The molecule has 0 N–H and O–H groups in total. The zero-order valence-electron chi connectivity index (χ0n) is 9.23. The molecule has 1 atom stereocenters. The van der Waals surface area contributed by atoms with E-state index in [1.165, 1.54) is 5.19 Å². The maximum Gasteiger partial charge on any atom is 0.287 e. The smallest absolute Gasteiger partial charge is 0.287 e. The van der Waals surface area contributed by atoms with Crippen LogP contribution < -0.4 is 5.19 Å². The third kappa shape index (κ3) is 2.67. The van der Waals surface area contributed by atoms with Gasteiger partial charge in [0, 0.05) is 7.11 Å². The summed E-state index contributed by atoms with van der Waals surface area (Å²) in [6.07, 6.45) is 0. The fraction of sp³-hybridized carbons (Fsp3) is 0.455. The fourth-order valence-corrected chi connectivity index (χ4v) is 3.88. The molecule has 0 bridgehead atoms. The molecule has 1 rings (SSSR count). The second kappa shape index (κ2) is 5.96. The van der Waals surface area contributed by atoms with Crippen molar-refractivity contribution < 1.29 is 4.43 Å². The molecule has 0 fully saturated rings. The predicted molar refractivity (Wildman–Crippen MR) is 63.2 cm³/mol. The van der Waals surface area contributed by atoms with Gasteiger partial charge in [0.1, 0.15) is 0 Å². The van der Waals surface area contributed by atoms with E-state index in [4.69, 9.17) is 4.43 Å². The standard InChI is InChI=1S/C11H19NOSi/c1-4-12(5-2)14(13-3)11-9-7-6-8-10-11/h6-10,14H,4-5H2,1-3H3. The van der Waals surface area contributed by atoms with E-state index in [1.54, 1.807) is 0 Å². The lowest BCUT2D eigenvalue weighted by molar-refractivity contribution is 0.339. The highest BCUT2D eigenvalue weighted by Gasteiger charge is 2.19. The number of nitrogens with zero attached hydrogens (tertiary/aromatic N) is 1. The minimum atomic E-state index is -1.35. The highest BCUT2D eigenvalue weighted by atomic mass is 28.3.